The van der Waals surface area contributed by atoms with Gasteiger partial charge in [-0.25, -0.2) is 0 Å². The van der Waals surface area contributed by atoms with Crippen molar-refractivity contribution in [2.24, 2.45) is 0 Å². The number of allylic oxidation sites excluding steroid dienone is 1. The summed E-state index contributed by atoms with van der Waals surface area (Å²) in [5, 5.41) is 14.0. The van der Waals surface area contributed by atoms with Gasteiger partial charge in [-0.1, -0.05) is 67.6 Å². The largest absolute Gasteiger partial charge is 0.411 e. The summed E-state index contributed by atoms with van der Waals surface area (Å²) in [6, 6.07) is 22.2. The first kappa shape index (κ1) is 14.1. The van der Waals surface area contributed by atoms with Crippen LogP contribution in [0, 0.1) is 0 Å². The third-order valence-electron chi connectivity index (χ3n) is 3.72. The third-order valence-corrected chi connectivity index (χ3v) is 3.72. The van der Waals surface area contributed by atoms with E-state index in [4.69, 9.17) is 0 Å². The molecule has 1 N–H and O–H groups in total. The first-order valence-electron chi connectivity index (χ1n) is 7.39. The molecule has 0 radical (unpaired) electrons. The average Bonchev–Trinajstić information content (AvgIpc) is 3.00. The van der Waals surface area contributed by atoms with Gasteiger partial charge in [-0.3, -0.25) is 0 Å². The molecule has 0 fully saturated rings. The van der Waals surface area contributed by atoms with Gasteiger partial charge in [0.05, 0.1) is 6.20 Å². The lowest BCUT2D eigenvalue weighted by Crippen LogP contribution is -2.02. The van der Waals surface area contributed by atoms with E-state index in [1.807, 2.05) is 42.5 Å². The number of aromatic nitrogens is 2. The molecule has 3 aromatic rings. The van der Waals surface area contributed by atoms with Crippen molar-refractivity contribution in [1.82, 2.24) is 9.94 Å². The van der Waals surface area contributed by atoms with Gasteiger partial charge in [-0.05, 0) is 29.2 Å². The topological polar surface area (TPSA) is 38.0 Å². The third kappa shape index (κ3) is 2.66. The van der Waals surface area contributed by atoms with E-state index in [1.54, 1.807) is 6.20 Å². The molecule has 0 saturated heterocycles. The molecule has 0 aliphatic rings. The maximum Gasteiger partial charge on any atom is 0.111 e. The van der Waals surface area contributed by atoms with Gasteiger partial charge in [0.15, 0.2) is 0 Å². The Kier molecular flexibility index (Phi) is 4.05. The molecule has 110 valence electrons. The van der Waals surface area contributed by atoms with Crippen molar-refractivity contribution in [1.29, 1.82) is 0 Å². The SMILES string of the molecule is CCC(=C(c1ccccc1)c1ccnn1O)c1ccccc1. The van der Waals surface area contributed by atoms with Crippen molar-refractivity contribution >= 4 is 11.1 Å². The average molecular weight is 290 g/mol. The summed E-state index contributed by atoms with van der Waals surface area (Å²) in [5.74, 6) is 0. The standard InChI is InChI=1S/C19H18N2O/c1-2-17(15-9-5-3-6-10-15)19(16-11-7-4-8-12-16)18-13-14-20-21(18)22/h3-14,22H,2H2,1H3. The highest BCUT2D eigenvalue weighted by Crippen LogP contribution is 2.33. The molecule has 0 amide bonds. The lowest BCUT2D eigenvalue weighted by atomic mass is 9.91. The van der Waals surface area contributed by atoms with Crippen LogP contribution in [0.1, 0.15) is 30.2 Å². The predicted octanol–water partition coefficient (Wildman–Crippen LogP) is 4.49. The van der Waals surface area contributed by atoms with Crippen LogP contribution in [-0.2, 0) is 0 Å². The first-order valence-corrected chi connectivity index (χ1v) is 7.39. The van der Waals surface area contributed by atoms with Crippen LogP contribution in [0.25, 0.3) is 11.1 Å². The summed E-state index contributed by atoms with van der Waals surface area (Å²) in [6.07, 6.45) is 2.47. The minimum absolute atomic E-state index is 0.701. The maximum atomic E-state index is 10.0. The Hall–Kier alpha value is -2.81. The summed E-state index contributed by atoms with van der Waals surface area (Å²) in [4.78, 5) is 0.945. The van der Waals surface area contributed by atoms with E-state index < -0.39 is 0 Å². The van der Waals surface area contributed by atoms with Crippen LogP contribution < -0.4 is 0 Å². The molecule has 22 heavy (non-hydrogen) atoms. The molecule has 0 unspecified atom stereocenters. The lowest BCUT2D eigenvalue weighted by molar-refractivity contribution is 0.146. The molecule has 1 aromatic heterocycles. The van der Waals surface area contributed by atoms with Crippen molar-refractivity contribution in [2.45, 2.75) is 13.3 Å². The summed E-state index contributed by atoms with van der Waals surface area (Å²) >= 11 is 0. The fraction of sp³-hybridized carbons (Fsp3) is 0.105. The molecular formula is C19H18N2O. The predicted molar refractivity (Wildman–Crippen MR) is 88.5 cm³/mol. The number of nitrogens with zero attached hydrogens (tertiary/aromatic N) is 2. The summed E-state index contributed by atoms with van der Waals surface area (Å²) < 4.78 is 0. The van der Waals surface area contributed by atoms with Gasteiger partial charge in [0.1, 0.15) is 5.69 Å². The first-order chi connectivity index (χ1) is 10.8. The highest BCUT2D eigenvalue weighted by atomic mass is 16.5. The van der Waals surface area contributed by atoms with Crippen LogP contribution in [0.5, 0.6) is 0 Å². The Balaban J connectivity index is 2.29. The van der Waals surface area contributed by atoms with Gasteiger partial charge in [0.2, 0.25) is 0 Å². The highest BCUT2D eigenvalue weighted by molar-refractivity contribution is 5.97. The van der Waals surface area contributed by atoms with Gasteiger partial charge >= 0.3 is 0 Å². The summed E-state index contributed by atoms with van der Waals surface area (Å²) in [5.41, 5.74) is 5.12. The number of hydrogen-bond acceptors (Lipinski definition) is 2. The zero-order chi connectivity index (χ0) is 15.4. The molecule has 0 saturated carbocycles. The van der Waals surface area contributed by atoms with Crippen molar-refractivity contribution in [3.8, 4) is 0 Å². The van der Waals surface area contributed by atoms with E-state index in [9.17, 15) is 5.21 Å². The van der Waals surface area contributed by atoms with E-state index in [0.29, 0.717) is 5.69 Å². The van der Waals surface area contributed by atoms with E-state index in [1.165, 1.54) is 5.57 Å². The fourth-order valence-corrected chi connectivity index (χ4v) is 2.73. The second-order valence-electron chi connectivity index (χ2n) is 5.05. The van der Waals surface area contributed by atoms with Gasteiger partial charge in [0, 0.05) is 5.57 Å². The van der Waals surface area contributed by atoms with Crippen LogP contribution >= 0.6 is 0 Å². The molecule has 3 rings (SSSR count). The molecule has 0 atom stereocenters. The quantitative estimate of drug-likeness (QED) is 0.568. The van der Waals surface area contributed by atoms with Gasteiger partial charge in [-0.15, -0.1) is 9.94 Å². The zero-order valence-corrected chi connectivity index (χ0v) is 12.5. The monoisotopic (exact) mass is 290 g/mol. The van der Waals surface area contributed by atoms with Gasteiger partial charge in [-0.2, -0.15) is 0 Å². The molecule has 0 aliphatic carbocycles. The molecule has 3 nitrogen and oxygen atoms in total. The zero-order valence-electron chi connectivity index (χ0n) is 12.5. The summed E-state index contributed by atoms with van der Waals surface area (Å²) in [7, 11) is 0. The Bertz CT molecular complexity index is 773. The second-order valence-corrected chi connectivity index (χ2v) is 5.05. The smallest absolute Gasteiger partial charge is 0.111 e. The van der Waals surface area contributed by atoms with E-state index in [2.05, 4.69) is 36.3 Å². The van der Waals surface area contributed by atoms with Crippen molar-refractivity contribution in [3.63, 3.8) is 0 Å². The number of benzene rings is 2. The van der Waals surface area contributed by atoms with Crippen LogP contribution in [0.15, 0.2) is 72.9 Å². The Morgan fingerprint density at radius 2 is 1.50 bits per heavy atom. The molecule has 0 spiro atoms. The minimum atomic E-state index is 0.701. The van der Waals surface area contributed by atoms with Gasteiger partial charge < -0.3 is 5.21 Å². The molecular weight excluding hydrogens is 272 g/mol. The Labute approximate surface area is 130 Å². The molecule has 0 bridgehead atoms. The summed E-state index contributed by atoms with van der Waals surface area (Å²) in [6.45, 7) is 2.13. The van der Waals surface area contributed by atoms with Crippen LogP contribution in [0.4, 0.5) is 0 Å². The fourth-order valence-electron chi connectivity index (χ4n) is 2.73. The van der Waals surface area contributed by atoms with E-state index in [-0.39, 0.29) is 0 Å². The van der Waals surface area contributed by atoms with Crippen LogP contribution in [0.2, 0.25) is 0 Å². The molecule has 1 heterocycles. The van der Waals surface area contributed by atoms with Crippen molar-refractivity contribution in [3.05, 3.63) is 89.7 Å². The van der Waals surface area contributed by atoms with E-state index >= 15 is 0 Å². The lowest BCUT2D eigenvalue weighted by Gasteiger charge is -2.15. The maximum absolute atomic E-state index is 10.0. The van der Waals surface area contributed by atoms with Gasteiger partial charge in [0.25, 0.3) is 0 Å². The molecule has 2 aromatic carbocycles. The second kappa shape index (κ2) is 6.31. The van der Waals surface area contributed by atoms with Crippen molar-refractivity contribution < 1.29 is 5.21 Å². The number of hydrogen-bond donors (Lipinski definition) is 1. The van der Waals surface area contributed by atoms with Crippen LogP contribution in [-0.4, -0.2) is 15.2 Å². The van der Waals surface area contributed by atoms with Crippen LogP contribution in [0.3, 0.4) is 0 Å². The molecule has 3 heteroatoms. The van der Waals surface area contributed by atoms with E-state index in [0.717, 1.165) is 28.0 Å². The van der Waals surface area contributed by atoms with Crippen molar-refractivity contribution in [2.75, 3.05) is 0 Å². The highest BCUT2D eigenvalue weighted by Gasteiger charge is 2.16. The Morgan fingerprint density at radius 1 is 0.909 bits per heavy atom. The molecule has 0 aliphatic heterocycles. The minimum Gasteiger partial charge on any atom is -0.411 e. The normalized spacial score (nSPS) is 12.0. The Morgan fingerprint density at radius 3 is 2.00 bits per heavy atom. The number of rotatable bonds is 4.